The zero-order chi connectivity index (χ0) is 28.3. The van der Waals surface area contributed by atoms with Crippen LogP contribution in [0.5, 0.6) is 11.6 Å². The van der Waals surface area contributed by atoms with Gasteiger partial charge in [0.25, 0.3) is 0 Å². The lowest BCUT2D eigenvalue weighted by molar-refractivity contribution is -0.0694. The first-order valence-corrected chi connectivity index (χ1v) is 13.9. The first kappa shape index (κ1) is 29.5. The van der Waals surface area contributed by atoms with Gasteiger partial charge in [0.05, 0.1) is 29.9 Å². The second-order valence-electron chi connectivity index (χ2n) is 10.4. The monoisotopic (exact) mass is 577 g/mol. The molecule has 39 heavy (non-hydrogen) atoms. The Bertz CT molecular complexity index is 1330. The number of halogens is 2. The zero-order valence-corrected chi connectivity index (χ0v) is 24.6. The molecule has 2 N–H and O–H groups in total. The maximum atomic E-state index is 12.3. The minimum atomic E-state index is -0.978. The Morgan fingerprint density at radius 2 is 2.03 bits per heavy atom. The fourth-order valence-corrected chi connectivity index (χ4v) is 6.28. The molecule has 2 aromatic carbocycles. The van der Waals surface area contributed by atoms with Gasteiger partial charge in [-0.15, -0.1) is 0 Å². The Morgan fingerprint density at radius 1 is 1.26 bits per heavy atom. The van der Waals surface area contributed by atoms with E-state index in [1.54, 1.807) is 37.8 Å². The summed E-state index contributed by atoms with van der Waals surface area (Å²) in [6.45, 7) is 3.06. The minimum Gasteiger partial charge on any atom is -0.497 e. The highest BCUT2D eigenvalue weighted by atomic mass is 35.5. The van der Waals surface area contributed by atoms with E-state index < -0.39 is 11.8 Å². The number of hydrogen-bond acceptors (Lipinski definition) is 7. The molecule has 0 bridgehead atoms. The molecule has 0 aliphatic heterocycles. The highest BCUT2D eigenvalue weighted by Gasteiger charge is 2.43. The average Bonchev–Trinajstić information content (AvgIpc) is 3.15. The van der Waals surface area contributed by atoms with Crippen LogP contribution in [-0.4, -0.2) is 61.1 Å². The number of rotatable bonds is 9. The lowest BCUT2D eigenvalue weighted by atomic mass is 9.69. The molecule has 4 rings (SSSR count). The van der Waals surface area contributed by atoms with Gasteiger partial charge in [0.2, 0.25) is 5.88 Å². The van der Waals surface area contributed by atoms with E-state index in [9.17, 15) is 9.90 Å². The van der Waals surface area contributed by atoms with E-state index in [1.165, 1.54) is 0 Å². The molecule has 10 heteroatoms. The van der Waals surface area contributed by atoms with Gasteiger partial charge in [-0.2, -0.15) is 0 Å². The third kappa shape index (κ3) is 6.31. The SMILES string of the molecule is CCOC(=O)Oc1c(CNC2CCC(O)(c3cccc(OC)c3)C(CN(C)C)C2)c2c(Cl)cc(Cl)cc2n1C. The molecule has 0 spiro atoms. The first-order chi connectivity index (χ1) is 18.6. The summed E-state index contributed by atoms with van der Waals surface area (Å²) < 4.78 is 17.8. The Labute approximate surface area is 239 Å². The van der Waals surface area contributed by atoms with Crippen LogP contribution in [0.15, 0.2) is 36.4 Å². The number of hydrogen-bond donors (Lipinski definition) is 2. The van der Waals surface area contributed by atoms with E-state index in [2.05, 4.69) is 10.2 Å². The number of fused-ring (bicyclic) bond motifs is 1. The summed E-state index contributed by atoms with van der Waals surface area (Å²) in [4.78, 5) is 14.4. The van der Waals surface area contributed by atoms with Crippen LogP contribution in [-0.2, 0) is 23.9 Å². The van der Waals surface area contributed by atoms with Gasteiger partial charge in [0.1, 0.15) is 5.75 Å². The fourth-order valence-electron chi connectivity index (χ4n) is 5.69. The van der Waals surface area contributed by atoms with Crippen molar-refractivity contribution in [2.24, 2.45) is 13.0 Å². The van der Waals surface area contributed by atoms with Crippen molar-refractivity contribution in [2.45, 2.75) is 44.4 Å². The van der Waals surface area contributed by atoms with E-state index in [1.807, 2.05) is 38.4 Å². The molecule has 1 aromatic heterocycles. The van der Waals surface area contributed by atoms with Gasteiger partial charge in [-0.25, -0.2) is 4.79 Å². The van der Waals surface area contributed by atoms with Crippen LogP contribution in [0, 0.1) is 5.92 Å². The van der Waals surface area contributed by atoms with E-state index in [0.29, 0.717) is 28.9 Å². The molecule has 8 nitrogen and oxygen atoms in total. The Hall–Kier alpha value is -2.49. The standard InChI is InChI=1S/C29H37Cl2N3O5/c1-6-38-28(35)39-27-23(26-24(31)14-20(30)15-25(26)34(27)4)16-32-21-10-11-29(36,19(12-21)17-33(2)3)18-8-7-9-22(13-18)37-5/h7-9,13-15,19,21,32,36H,6,10-12,16-17H2,1-5H3. The first-order valence-electron chi connectivity index (χ1n) is 13.1. The van der Waals surface area contributed by atoms with Crippen molar-refractivity contribution in [2.75, 3.05) is 34.4 Å². The highest BCUT2D eigenvalue weighted by molar-refractivity contribution is 6.39. The molecule has 0 radical (unpaired) electrons. The van der Waals surface area contributed by atoms with E-state index in [-0.39, 0.29) is 18.6 Å². The lowest BCUT2D eigenvalue weighted by Gasteiger charge is -2.45. The predicted molar refractivity (Wildman–Crippen MR) is 154 cm³/mol. The van der Waals surface area contributed by atoms with Crippen LogP contribution in [0.4, 0.5) is 4.79 Å². The number of nitrogens with one attached hydrogen (secondary N) is 1. The Kier molecular flexibility index (Phi) is 9.34. The van der Waals surface area contributed by atoms with Crippen molar-refractivity contribution in [1.82, 2.24) is 14.8 Å². The minimum absolute atomic E-state index is 0.0176. The summed E-state index contributed by atoms with van der Waals surface area (Å²) in [5.74, 6) is 1.07. The number of benzene rings is 2. The van der Waals surface area contributed by atoms with Crippen molar-refractivity contribution >= 4 is 40.3 Å². The van der Waals surface area contributed by atoms with Gasteiger partial charge >= 0.3 is 6.16 Å². The number of aliphatic hydroxyl groups is 1. The van der Waals surface area contributed by atoms with Gasteiger partial charge in [0, 0.05) is 48.1 Å². The van der Waals surface area contributed by atoms with Crippen LogP contribution in [0.25, 0.3) is 10.9 Å². The molecule has 0 amide bonds. The van der Waals surface area contributed by atoms with Gasteiger partial charge in [-0.05, 0) is 70.1 Å². The summed E-state index contributed by atoms with van der Waals surface area (Å²) in [5, 5.41) is 17.4. The molecule has 1 aliphatic rings. The summed E-state index contributed by atoms with van der Waals surface area (Å²) in [5.41, 5.74) is 1.40. The third-order valence-electron chi connectivity index (χ3n) is 7.54. The molecule has 0 saturated heterocycles. The second kappa shape index (κ2) is 12.4. The Morgan fingerprint density at radius 3 is 2.72 bits per heavy atom. The van der Waals surface area contributed by atoms with Crippen molar-refractivity contribution in [3.8, 4) is 11.6 Å². The van der Waals surface area contributed by atoms with E-state index in [0.717, 1.165) is 47.2 Å². The number of carbonyl (C=O) groups is 1. The largest absolute Gasteiger partial charge is 0.515 e. The number of ether oxygens (including phenoxy) is 3. The predicted octanol–water partition coefficient (Wildman–Crippen LogP) is 5.74. The number of aromatic nitrogens is 1. The molecule has 1 fully saturated rings. The fraction of sp³-hybridized carbons (Fsp3) is 0.483. The van der Waals surface area contributed by atoms with Crippen LogP contribution in [0.2, 0.25) is 10.0 Å². The highest BCUT2D eigenvalue weighted by Crippen LogP contribution is 2.44. The molecule has 3 atom stereocenters. The molecule has 212 valence electrons. The van der Waals surface area contributed by atoms with Gasteiger partial charge in [-0.3, -0.25) is 0 Å². The van der Waals surface area contributed by atoms with Crippen molar-refractivity contribution < 1.29 is 24.1 Å². The third-order valence-corrected chi connectivity index (χ3v) is 8.06. The topological polar surface area (TPSA) is 85.2 Å². The van der Waals surface area contributed by atoms with Crippen molar-refractivity contribution in [1.29, 1.82) is 0 Å². The molecule has 1 heterocycles. The molecular weight excluding hydrogens is 541 g/mol. The van der Waals surface area contributed by atoms with Crippen LogP contribution in [0.3, 0.4) is 0 Å². The van der Waals surface area contributed by atoms with Crippen LogP contribution < -0.4 is 14.8 Å². The molecular formula is C29H37Cl2N3O5. The lowest BCUT2D eigenvalue weighted by Crippen LogP contribution is -2.49. The molecule has 3 aromatic rings. The number of carbonyl (C=O) groups excluding carboxylic acids is 1. The van der Waals surface area contributed by atoms with Crippen LogP contribution >= 0.6 is 23.2 Å². The molecule has 1 saturated carbocycles. The molecule has 1 aliphatic carbocycles. The normalized spacial score (nSPS) is 21.4. The summed E-state index contributed by atoms with van der Waals surface area (Å²) in [7, 11) is 7.47. The quantitative estimate of drug-likeness (QED) is 0.314. The Balaban J connectivity index is 1.61. The smallest absolute Gasteiger partial charge is 0.497 e. The summed E-state index contributed by atoms with van der Waals surface area (Å²) in [6.07, 6.45) is 1.33. The molecule has 3 unspecified atom stereocenters. The number of methoxy groups -OCH3 is 1. The van der Waals surface area contributed by atoms with Crippen molar-refractivity contribution in [3.05, 3.63) is 57.6 Å². The number of aryl methyl sites for hydroxylation is 1. The maximum absolute atomic E-state index is 12.3. The van der Waals surface area contributed by atoms with E-state index in [4.69, 9.17) is 37.4 Å². The van der Waals surface area contributed by atoms with Crippen LogP contribution in [0.1, 0.15) is 37.3 Å². The van der Waals surface area contributed by atoms with Gasteiger partial charge < -0.3 is 34.1 Å². The second-order valence-corrected chi connectivity index (χ2v) is 11.2. The van der Waals surface area contributed by atoms with Gasteiger partial charge in [-0.1, -0.05) is 35.3 Å². The summed E-state index contributed by atoms with van der Waals surface area (Å²) in [6, 6.07) is 11.3. The van der Waals surface area contributed by atoms with Gasteiger partial charge in [0.15, 0.2) is 0 Å². The van der Waals surface area contributed by atoms with Crippen molar-refractivity contribution in [3.63, 3.8) is 0 Å². The average molecular weight is 579 g/mol. The zero-order valence-electron chi connectivity index (χ0n) is 23.1. The number of nitrogens with zero attached hydrogens (tertiary/aromatic N) is 2. The summed E-state index contributed by atoms with van der Waals surface area (Å²) >= 11 is 12.9. The van der Waals surface area contributed by atoms with E-state index >= 15 is 0 Å². The maximum Gasteiger partial charge on any atom is 0.515 e.